The molecule has 0 unspecified atom stereocenters. The number of ether oxygens (including phenoxy) is 1. The van der Waals surface area contributed by atoms with Crippen LogP contribution in [0.3, 0.4) is 0 Å². The molecular formula is C21H24O2. The smallest absolute Gasteiger partial charge is 0.126 e. The highest BCUT2D eigenvalue weighted by Gasteiger charge is 2.22. The molecule has 1 N–H and O–H groups in total. The van der Waals surface area contributed by atoms with E-state index in [0.29, 0.717) is 19.0 Å². The molecule has 23 heavy (non-hydrogen) atoms. The van der Waals surface area contributed by atoms with E-state index in [-0.39, 0.29) is 0 Å². The third-order valence-electron chi connectivity index (χ3n) is 4.46. The lowest BCUT2D eigenvalue weighted by molar-refractivity contribution is 0.172. The number of allylic oxidation sites excluding steroid dienone is 5. The summed E-state index contributed by atoms with van der Waals surface area (Å²) < 4.78 is 5.61. The largest absolute Gasteiger partial charge is 0.507 e. The van der Waals surface area contributed by atoms with Crippen LogP contribution in [0.15, 0.2) is 71.0 Å². The van der Waals surface area contributed by atoms with E-state index in [1.54, 1.807) is 0 Å². The fourth-order valence-corrected chi connectivity index (χ4v) is 3.31. The van der Waals surface area contributed by atoms with Gasteiger partial charge in [-0.3, -0.25) is 0 Å². The molecule has 0 heterocycles. The van der Waals surface area contributed by atoms with Gasteiger partial charge in [0.15, 0.2) is 0 Å². The molecule has 0 radical (unpaired) electrons. The van der Waals surface area contributed by atoms with Crippen molar-refractivity contribution < 1.29 is 9.84 Å². The molecule has 1 aromatic rings. The maximum atomic E-state index is 10.9. The Bertz CT molecular complexity index is 675. The molecule has 0 amide bonds. The van der Waals surface area contributed by atoms with Crippen LogP contribution in [0.1, 0.15) is 38.2 Å². The van der Waals surface area contributed by atoms with Gasteiger partial charge in [-0.05, 0) is 54.9 Å². The van der Waals surface area contributed by atoms with Gasteiger partial charge in [-0.1, -0.05) is 48.6 Å². The molecule has 0 spiro atoms. The van der Waals surface area contributed by atoms with Gasteiger partial charge in [0, 0.05) is 12.2 Å². The average Bonchev–Trinajstić information content (AvgIpc) is 2.61. The molecule has 120 valence electrons. The summed E-state index contributed by atoms with van der Waals surface area (Å²) in [6.45, 7) is 3.36. The van der Waals surface area contributed by atoms with E-state index in [4.69, 9.17) is 4.74 Å². The Kier molecular flexibility index (Phi) is 5.14. The first-order chi connectivity index (χ1) is 11.3. The summed E-state index contributed by atoms with van der Waals surface area (Å²) >= 11 is 0. The van der Waals surface area contributed by atoms with Gasteiger partial charge in [-0.15, -0.1) is 0 Å². The van der Waals surface area contributed by atoms with Gasteiger partial charge in [-0.2, -0.15) is 0 Å². The summed E-state index contributed by atoms with van der Waals surface area (Å²) in [6, 6.07) is 10.1. The first-order valence-electron chi connectivity index (χ1n) is 8.46. The second-order valence-electron chi connectivity index (χ2n) is 5.93. The van der Waals surface area contributed by atoms with Crippen LogP contribution >= 0.6 is 0 Å². The molecule has 2 aliphatic rings. The molecule has 2 nitrogen and oxygen atoms in total. The number of hydrogen-bond acceptors (Lipinski definition) is 2. The number of aliphatic hydroxyl groups excluding tert-OH is 1. The fraction of sp³-hybridized carbons (Fsp3) is 0.333. The monoisotopic (exact) mass is 308 g/mol. The van der Waals surface area contributed by atoms with Crippen LogP contribution in [0.2, 0.25) is 0 Å². The van der Waals surface area contributed by atoms with E-state index >= 15 is 0 Å². The first kappa shape index (κ1) is 15.8. The van der Waals surface area contributed by atoms with Crippen LogP contribution < -0.4 is 0 Å². The Labute approximate surface area is 138 Å². The minimum absolute atomic E-state index is 0.446. The van der Waals surface area contributed by atoms with Crippen molar-refractivity contribution >= 4 is 5.57 Å². The number of benzene rings is 1. The highest BCUT2D eigenvalue weighted by Crippen LogP contribution is 2.38. The number of rotatable bonds is 5. The van der Waals surface area contributed by atoms with E-state index in [9.17, 15) is 5.11 Å². The van der Waals surface area contributed by atoms with Gasteiger partial charge in [0.05, 0.1) is 6.61 Å². The highest BCUT2D eigenvalue weighted by molar-refractivity contribution is 5.80. The van der Waals surface area contributed by atoms with Crippen molar-refractivity contribution in [2.75, 3.05) is 13.2 Å². The van der Waals surface area contributed by atoms with Gasteiger partial charge in [0.1, 0.15) is 5.76 Å². The molecule has 2 aliphatic carbocycles. The highest BCUT2D eigenvalue weighted by atomic mass is 16.5. The molecule has 0 saturated carbocycles. The van der Waals surface area contributed by atoms with Crippen LogP contribution in [-0.2, 0) is 4.74 Å². The maximum absolute atomic E-state index is 10.9. The second kappa shape index (κ2) is 7.47. The van der Waals surface area contributed by atoms with Crippen LogP contribution in [0.5, 0.6) is 0 Å². The van der Waals surface area contributed by atoms with Crippen molar-refractivity contribution in [3.05, 3.63) is 76.6 Å². The lowest BCUT2D eigenvalue weighted by atomic mass is 9.83. The van der Waals surface area contributed by atoms with Crippen LogP contribution in [-0.4, -0.2) is 18.3 Å². The molecule has 0 bridgehead atoms. The zero-order chi connectivity index (χ0) is 16.1. The minimum atomic E-state index is 0.446. The first-order valence-corrected chi connectivity index (χ1v) is 8.46. The second-order valence-corrected chi connectivity index (χ2v) is 5.93. The Morgan fingerprint density at radius 1 is 1.04 bits per heavy atom. The fourth-order valence-electron chi connectivity index (χ4n) is 3.31. The average molecular weight is 308 g/mol. The summed E-state index contributed by atoms with van der Waals surface area (Å²) in [6.07, 6.45) is 10.4. The van der Waals surface area contributed by atoms with Crippen LogP contribution in [0.4, 0.5) is 0 Å². The molecule has 0 fully saturated rings. The van der Waals surface area contributed by atoms with Gasteiger partial charge >= 0.3 is 0 Å². The van der Waals surface area contributed by atoms with E-state index in [1.807, 2.05) is 25.1 Å². The van der Waals surface area contributed by atoms with Crippen molar-refractivity contribution in [3.8, 4) is 0 Å². The zero-order valence-electron chi connectivity index (χ0n) is 13.7. The lowest BCUT2D eigenvalue weighted by Gasteiger charge is -2.24. The number of aliphatic hydroxyl groups is 1. The van der Waals surface area contributed by atoms with Crippen molar-refractivity contribution in [1.29, 1.82) is 0 Å². The van der Waals surface area contributed by atoms with Crippen LogP contribution in [0.25, 0.3) is 5.57 Å². The molecule has 3 rings (SSSR count). The van der Waals surface area contributed by atoms with E-state index in [0.717, 1.165) is 42.4 Å². The Hall–Kier alpha value is -2.06. The van der Waals surface area contributed by atoms with Gasteiger partial charge in [0.2, 0.25) is 0 Å². The van der Waals surface area contributed by atoms with E-state index < -0.39 is 0 Å². The predicted molar refractivity (Wildman–Crippen MR) is 95.2 cm³/mol. The molecule has 0 atom stereocenters. The molecule has 0 aliphatic heterocycles. The Balaban J connectivity index is 1.98. The summed E-state index contributed by atoms with van der Waals surface area (Å²) in [5, 5.41) is 10.9. The quantitative estimate of drug-likeness (QED) is 0.793. The lowest BCUT2D eigenvalue weighted by Crippen LogP contribution is -2.09. The Morgan fingerprint density at radius 3 is 2.61 bits per heavy atom. The van der Waals surface area contributed by atoms with Crippen molar-refractivity contribution in [3.63, 3.8) is 0 Å². The molecular weight excluding hydrogens is 284 g/mol. The third kappa shape index (κ3) is 3.48. The van der Waals surface area contributed by atoms with Gasteiger partial charge < -0.3 is 9.84 Å². The SMILES string of the molecule is CCOCC1=C(C2=C(O)C(c3ccccc3)=CCC2)CCC=C1. The molecule has 2 heteroatoms. The standard InChI is InChI=1S/C21H24O2/c1-2-23-15-17-11-6-7-12-18(17)20-14-8-13-19(21(20)22)16-9-4-3-5-10-16/h3-6,9-11,13,22H,2,7-8,12,14-15H2,1H3. The van der Waals surface area contributed by atoms with Crippen molar-refractivity contribution in [2.24, 2.45) is 0 Å². The predicted octanol–water partition coefficient (Wildman–Crippen LogP) is 5.36. The van der Waals surface area contributed by atoms with Gasteiger partial charge in [0.25, 0.3) is 0 Å². The van der Waals surface area contributed by atoms with Crippen LogP contribution in [0, 0.1) is 0 Å². The Morgan fingerprint density at radius 2 is 1.83 bits per heavy atom. The topological polar surface area (TPSA) is 29.5 Å². The molecule has 1 aromatic carbocycles. The summed E-state index contributed by atoms with van der Waals surface area (Å²) in [5.41, 5.74) is 5.64. The van der Waals surface area contributed by atoms with E-state index in [2.05, 4.69) is 30.4 Å². The van der Waals surface area contributed by atoms with E-state index in [1.165, 1.54) is 11.1 Å². The number of hydrogen-bond donors (Lipinski definition) is 1. The molecule has 0 aromatic heterocycles. The zero-order valence-corrected chi connectivity index (χ0v) is 13.7. The molecule has 0 saturated heterocycles. The van der Waals surface area contributed by atoms with Crippen molar-refractivity contribution in [2.45, 2.75) is 32.6 Å². The maximum Gasteiger partial charge on any atom is 0.126 e. The third-order valence-corrected chi connectivity index (χ3v) is 4.46. The summed E-state index contributed by atoms with van der Waals surface area (Å²) in [5.74, 6) is 0.446. The van der Waals surface area contributed by atoms with Crippen molar-refractivity contribution in [1.82, 2.24) is 0 Å². The van der Waals surface area contributed by atoms with Gasteiger partial charge in [-0.25, -0.2) is 0 Å². The normalized spacial score (nSPS) is 18.4. The summed E-state index contributed by atoms with van der Waals surface area (Å²) in [4.78, 5) is 0. The summed E-state index contributed by atoms with van der Waals surface area (Å²) in [7, 11) is 0. The minimum Gasteiger partial charge on any atom is -0.507 e.